The molecule has 1 atom stereocenters. The standard InChI is InChI=1S/C29H28FNO4/c1-17(29(32)34-3)28(20-8-9-20)21-10-13-27-25(14-21)31-26(16-35-27)19-6-4-18(5-7-19)23-15-22(33-2)11-12-24(23)30/h4-7,10-15,20,26,31H,8-9,16H2,1-3H3/b28-17-. The van der Waals surface area contributed by atoms with Crippen LogP contribution in [-0.2, 0) is 9.53 Å². The number of carbonyl (C=O) groups is 1. The molecular weight excluding hydrogens is 445 g/mol. The predicted octanol–water partition coefficient (Wildman–Crippen LogP) is 6.40. The van der Waals surface area contributed by atoms with E-state index in [-0.39, 0.29) is 17.8 Å². The molecule has 0 amide bonds. The molecule has 0 radical (unpaired) electrons. The maximum Gasteiger partial charge on any atom is 0.333 e. The quantitative estimate of drug-likeness (QED) is 0.331. The van der Waals surface area contributed by atoms with E-state index in [1.807, 2.05) is 43.3 Å². The van der Waals surface area contributed by atoms with Gasteiger partial charge in [0.05, 0.1) is 25.9 Å². The van der Waals surface area contributed by atoms with E-state index in [1.54, 1.807) is 19.2 Å². The largest absolute Gasteiger partial charge is 0.497 e. The Bertz CT molecular complexity index is 1290. The lowest BCUT2D eigenvalue weighted by atomic mass is 9.95. The van der Waals surface area contributed by atoms with Gasteiger partial charge in [-0.3, -0.25) is 0 Å². The Hall–Kier alpha value is -3.80. The van der Waals surface area contributed by atoms with Crippen LogP contribution in [0.5, 0.6) is 11.5 Å². The highest BCUT2D eigenvalue weighted by Crippen LogP contribution is 2.46. The van der Waals surface area contributed by atoms with E-state index in [9.17, 15) is 9.18 Å². The Balaban J connectivity index is 1.40. The summed E-state index contributed by atoms with van der Waals surface area (Å²) in [7, 11) is 2.98. The first-order valence-corrected chi connectivity index (χ1v) is 11.7. The molecule has 1 heterocycles. The van der Waals surface area contributed by atoms with Gasteiger partial charge in [-0.05, 0) is 78.3 Å². The van der Waals surface area contributed by atoms with Crippen molar-refractivity contribution in [2.24, 2.45) is 5.92 Å². The maximum atomic E-state index is 14.4. The van der Waals surface area contributed by atoms with Crippen LogP contribution in [0.1, 0.15) is 36.9 Å². The summed E-state index contributed by atoms with van der Waals surface area (Å²) < 4.78 is 30.6. The van der Waals surface area contributed by atoms with Gasteiger partial charge in [0.15, 0.2) is 0 Å². The molecule has 35 heavy (non-hydrogen) atoms. The number of nitrogens with one attached hydrogen (secondary N) is 1. The minimum absolute atomic E-state index is 0.0583. The number of methoxy groups -OCH3 is 2. The Morgan fingerprint density at radius 3 is 2.49 bits per heavy atom. The molecule has 5 nitrogen and oxygen atoms in total. The highest BCUT2D eigenvalue weighted by atomic mass is 19.1. The molecule has 1 unspecified atom stereocenters. The number of hydrogen-bond acceptors (Lipinski definition) is 5. The molecule has 3 aromatic rings. The summed E-state index contributed by atoms with van der Waals surface area (Å²) in [5.74, 6) is 1.20. The normalized spacial score (nSPS) is 17.4. The van der Waals surface area contributed by atoms with Crippen molar-refractivity contribution in [1.29, 1.82) is 0 Å². The summed E-state index contributed by atoms with van der Waals surface area (Å²) in [6.07, 6.45) is 2.15. The Morgan fingerprint density at radius 1 is 1.03 bits per heavy atom. The van der Waals surface area contributed by atoms with Gasteiger partial charge in [0.1, 0.15) is 23.9 Å². The average Bonchev–Trinajstić information content (AvgIpc) is 3.73. The first-order valence-electron chi connectivity index (χ1n) is 11.7. The molecule has 1 fully saturated rings. The number of fused-ring (bicyclic) bond motifs is 1. The van der Waals surface area contributed by atoms with Gasteiger partial charge in [0.2, 0.25) is 0 Å². The van der Waals surface area contributed by atoms with Crippen LogP contribution in [0, 0.1) is 11.7 Å². The van der Waals surface area contributed by atoms with Gasteiger partial charge in [-0.25, -0.2) is 9.18 Å². The molecule has 1 N–H and O–H groups in total. The van der Waals surface area contributed by atoms with Crippen LogP contribution in [0.3, 0.4) is 0 Å². The molecule has 0 bridgehead atoms. The third kappa shape index (κ3) is 4.61. The van der Waals surface area contributed by atoms with Crippen molar-refractivity contribution in [3.63, 3.8) is 0 Å². The lowest BCUT2D eigenvalue weighted by Crippen LogP contribution is -2.24. The minimum Gasteiger partial charge on any atom is -0.497 e. The lowest BCUT2D eigenvalue weighted by molar-refractivity contribution is -0.135. The van der Waals surface area contributed by atoms with Crippen molar-refractivity contribution in [2.45, 2.75) is 25.8 Å². The summed E-state index contributed by atoms with van der Waals surface area (Å²) >= 11 is 0. The Kier molecular flexibility index (Phi) is 6.20. The predicted molar refractivity (Wildman–Crippen MR) is 134 cm³/mol. The summed E-state index contributed by atoms with van der Waals surface area (Å²) in [6, 6.07) is 18.5. The molecule has 0 spiro atoms. The molecule has 1 saturated carbocycles. The summed E-state index contributed by atoms with van der Waals surface area (Å²) in [6.45, 7) is 2.31. The van der Waals surface area contributed by atoms with Crippen molar-refractivity contribution in [1.82, 2.24) is 0 Å². The van der Waals surface area contributed by atoms with Crippen molar-refractivity contribution in [3.8, 4) is 22.6 Å². The highest BCUT2D eigenvalue weighted by Gasteiger charge is 2.31. The topological polar surface area (TPSA) is 56.8 Å². The number of carbonyl (C=O) groups excluding carboxylic acids is 1. The number of halogens is 1. The summed E-state index contributed by atoms with van der Waals surface area (Å²) in [5, 5.41) is 3.58. The SMILES string of the molecule is COC(=O)/C(C)=C(\c1ccc2c(c1)NC(c1ccc(-c3cc(OC)ccc3F)cc1)CO2)C1CC1. The number of hydrogen-bond donors (Lipinski definition) is 1. The van der Waals surface area contributed by atoms with Crippen molar-refractivity contribution >= 4 is 17.2 Å². The second-order valence-electron chi connectivity index (χ2n) is 8.99. The van der Waals surface area contributed by atoms with E-state index in [0.29, 0.717) is 29.4 Å². The van der Waals surface area contributed by atoms with Gasteiger partial charge in [-0.15, -0.1) is 0 Å². The first kappa shape index (κ1) is 23.0. The molecule has 0 aromatic heterocycles. The molecular formula is C29H28FNO4. The van der Waals surface area contributed by atoms with E-state index in [1.165, 1.54) is 13.2 Å². The third-order valence-corrected chi connectivity index (χ3v) is 6.70. The van der Waals surface area contributed by atoms with Crippen molar-refractivity contribution in [2.75, 3.05) is 26.1 Å². The molecule has 3 aromatic carbocycles. The van der Waals surface area contributed by atoms with E-state index in [4.69, 9.17) is 14.2 Å². The van der Waals surface area contributed by atoms with Gasteiger partial charge in [-0.2, -0.15) is 0 Å². The molecule has 1 aliphatic carbocycles. The van der Waals surface area contributed by atoms with E-state index in [0.717, 1.165) is 46.5 Å². The number of anilines is 1. The number of allylic oxidation sites excluding steroid dienone is 1. The average molecular weight is 474 g/mol. The lowest BCUT2D eigenvalue weighted by Gasteiger charge is -2.28. The van der Waals surface area contributed by atoms with Crippen LogP contribution in [0.25, 0.3) is 16.7 Å². The number of benzene rings is 3. The number of ether oxygens (including phenoxy) is 3. The molecule has 2 aliphatic rings. The van der Waals surface area contributed by atoms with Crippen molar-refractivity contribution < 1.29 is 23.4 Å². The van der Waals surface area contributed by atoms with Gasteiger partial charge >= 0.3 is 5.97 Å². The van der Waals surface area contributed by atoms with Crippen LogP contribution in [-0.4, -0.2) is 26.8 Å². The first-order chi connectivity index (χ1) is 17.0. The number of rotatable bonds is 6. The Morgan fingerprint density at radius 2 is 1.80 bits per heavy atom. The molecule has 1 aliphatic heterocycles. The van der Waals surface area contributed by atoms with E-state index < -0.39 is 0 Å². The second kappa shape index (κ2) is 9.45. The highest BCUT2D eigenvalue weighted by molar-refractivity contribution is 5.98. The summed E-state index contributed by atoms with van der Waals surface area (Å²) in [4.78, 5) is 12.2. The zero-order valence-corrected chi connectivity index (χ0v) is 20.1. The molecule has 180 valence electrons. The second-order valence-corrected chi connectivity index (χ2v) is 8.99. The van der Waals surface area contributed by atoms with Gasteiger partial charge in [0.25, 0.3) is 0 Å². The summed E-state index contributed by atoms with van der Waals surface area (Å²) in [5.41, 5.74) is 5.92. The molecule has 0 saturated heterocycles. The van der Waals surface area contributed by atoms with E-state index >= 15 is 0 Å². The molecule has 5 rings (SSSR count). The zero-order valence-electron chi connectivity index (χ0n) is 20.1. The van der Waals surface area contributed by atoms with Crippen LogP contribution in [0.4, 0.5) is 10.1 Å². The van der Waals surface area contributed by atoms with Crippen LogP contribution >= 0.6 is 0 Å². The minimum atomic E-state index is -0.292. The smallest absolute Gasteiger partial charge is 0.333 e. The monoisotopic (exact) mass is 473 g/mol. The van der Waals surface area contributed by atoms with Crippen LogP contribution in [0.2, 0.25) is 0 Å². The van der Waals surface area contributed by atoms with Crippen LogP contribution in [0.15, 0.2) is 66.2 Å². The fourth-order valence-corrected chi connectivity index (χ4v) is 4.66. The van der Waals surface area contributed by atoms with Gasteiger partial charge in [0, 0.05) is 11.1 Å². The third-order valence-electron chi connectivity index (χ3n) is 6.70. The maximum absolute atomic E-state index is 14.4. The molecule has 6 heteroatoms. The van der Waals surface area contributed by atoms with Gasteiger partial charge < -0.3 is 19.5 Å². The zero-order chi connectivity index (χ0) is 24.5. The fourth-order valence-electron chi connectivity index (χ4n) is 4.66. The number of esters is 1. The van der Waals surface area contributed by atoms with Crippen molar-refractivity contribution in [3.05, 3.63) is 83.2 Å². The van der Waals surface area contributed by atoms with E-state index in [2.05, 4.69) is 11.4 Å². The fraction of sp³-hybridized carbons (Fsp3) is 0.276. The Labute approximate surface area is 204 Å². The van der Waals surface area contributed by atoms with Crippen LogP contribution < -0.4 is 14.8 Å². The van der Waals surface area contributed by atoms with Gasteiger partial charge in [-0.1, -0.05) is 30.3 Å².